The number of aryl methyl sites for hydroxylation is 3. The first-order chi connectivity index (χ1) is 10.1. The van der Waals surface area contributed by atoms with Gasteiger partial charge in [0.2, 0.25) is 11.7 Å². The topological polar surface area (TPSA) is 51.4 Å². The molecular formula is C16H21N3O2. The van der Waals surface area contributed by atoms with Gasteiger partial charge >= 0.3 is 0 Å². The lowest BCUT2D eigenvalue weighted by Gasteiger charge is -2.31. The van der Waals surface area contributed by atoms with Crippen molar-refractivity contribution >= 4 is 0 Å². The molecule has 2 heterocycles. The molecule has 0 saturated carbocycles. The third-order valence-electron chi connectivity index (χ3n) is 3.88. The highest BCUT2D eigenvalue weighted by atomic mass is 16.5. The summed E-state index contributed by atoms with van der Waals surface area (Å²) in [6.07, 6.45) is -0.0960. The predicted octanol–water partition coefficient (Wildman–Crippen LogP) is 2.57. The average molecular weight is 287 g/mol. The van der Waals surface area contributed by atoms with E-state index in [1.807, 2.05) is 0 Å². The highest BCUT2D eigenvalue weighted by Crippen LogP contribution is 2.22. The van der Waals surface area contributed by atoms with E-state index in [2.05, 4.69) is 47.1 Å². The molecule has 1 fully saturated rings. The fourth-order valence-electron chi connectivity index (χ4n) is 2.66. The van der Waals surface area contributed by atoms with Gasteiger partial charge in [0.25, 0.3) is 0 Å². The Morgan fingerprint density at radius 2 is 2.14 bits per heavy atom. The van der Waals surface area contributed by atoms with Crippen LogP contribution < -0.4 is 0 Å². The molecule has 1 saturated heterocycles. The van der Waals surface area contributed by atoms with Crippen LogP contribution in [0.15, 0.2) is 22.7 Å². The van der Waals surface area contributed by atoms with Gasteiger partial charge in [0.1, 0.15) is 6.10 Å². The van der Waals surface area contributed by atoms with Crippen molar-refractivity contribution in [3.05, 3.63) is 46.6 Å². The van der Waals surface area contributed by atoms with Crippen molar-refractivity contribution in [2.75, 3.05) is 19.7 Å². The number of aromatic nitrogens is 2. The Morgan fingerprint density at radius 3 is 2.90 bits per heavy atom. The molecule has 0 amide bonds. The number of ether oxygens (including phenoxy) is 1. The second kappa shape index (κ2) is 5.95. The molecule has 0 N–H and O–H groups in total. The molecule has 0 bridgehead atoms. The van der Waals surface area contributed by atoms with Gasteiger partial charge < -0.3 is 9.26 Å². The van der Waals surface area contributed by atoms with E-state index in [1.54, 1.807) is 6.92 Å². The number of hydrogen-bond donors (Lipinski definition) is 0. The molecule has 0 aliphatic carbocycles. The molecule has 0 spiro atoms. The molecule has 1 aliphatic heterocycles. The largest absolute Gasteiger partial charge is 0.367 e. The maximum absolute atomic E-state index is 5.77. The summed E-state index contributed by atoms with van der Waals surface area (Å²) in [6.45, 7) is 9.45. The number of morpholine rings is 1. The minimum atomic E-state index is -0.0960. The molecule has 1 atom stereocenters. The zero-order valence-corrected chi connectivity index (χ0v) is 12.8. The van der Waals surface area contributed by atoms with E-state index in [1.165, 1.54) is 16.7 Å². The van der Waals surface area contributed by atoms with Crippen molar-refractivity contribution in [2.45, 2.75) is 33.4 Å². The first-order valence-electron chi connectivity index (χ1n) is 7.32. The van der Waals surface area contributed by atoms with Crippen LogP contribution in [0.1, 0.15) is 34.5 Å². The van der Waals surface area contributed by atoms with E-state index in [0.717, 1.165) is 19.6 Å². The van der Waals surface area contributed by atoms with Crippen LogP contribution in [0.5, 0.6) is 0 Å². The highest BCUT2D eigenvalue weighted by Gasteiger charge is 2.26. The number of hydrogen-bond acceptors (Lipinski definition) is 5. The van der Waals surface area contributed by atoms with E-state index in [4.69, 9.17) is 9.26 Å². The smallest absolute Gasteiger partial charge is 0.223 e. The molecule has 5 heteroatoms. The second-order valence-corrected chi connectivity index (χ2v) is 5.70. The summed E-state index contributed by atoms with van der Waals surface area (Å²) >= 11 is 0. The van der Waals surface area contributed by atoms with Crippen LogP contribution in [0.3, 0.4) is 0 Å². The minimum Gasteiger partial charge on any atom is -0.367 e. The van der Waals surface area contributed by atoms with Gasteiger partial charge in [-0.2, -0.15) is 4.98 Å². The van der Waals surface area contributed by atoms with Gasteiger partial charge in [0.05, 0.1) is 6.61 Å². The number of benzene rings is 1. The van der Waals surface area contributed by atoms with Crippen molar-refractivity contribution in [2.24, 2.45) is 0 Å². The Morgan fingerprint density at radius 1 is 1.29 bits per heavy atom. The lowest BCUT2D eigenvalue weighted by atomic mass is 10.0. The Hall–Kier alpha value is -1.72. The quantitative estimate of drug-likeness (QED) is 0.868. The lowest BCUT2D eigenvalue weighted by Crippen LogP contribution is -2.38. The highest BCUT2D eigenvalue weighted by molar-refractivity contribution is 5.30. The second-order valence-electron chi connectivity index (χ2n) is 5.70. The summed E-state index contributed by atoms with van der Waals surface area (Å²) < 4.78 is 10.8. The van der Waals surface area contributed by atoms with Crippen LogP contribution in [0, 0.1) is 20.8 Å². The summed E-state index contributed by atoms with van der Waals surface area (Å²) in [6, 6.07) is 6.60. The Balaban J connectivity index is 1.70. The standard InChI is InChI=1S/C16H21N3O2/c1-11-4-5-12(2)14(8-11)9-19-6-7-20-15(10-19)16-17-13(3)21-18-16/h4-5,8,15H,6-7,9-10H2,1-3H3. The Bertz CT molecular complexity index is 624. The normalized spacial score (nSPS) is 19.9. The summed E-state index contributed by atoms with van der Waals surface area (Å²) in [4.78, 5) is 6.67. The van der Waals surface area contributed by atoms with Crippen LogP contribution in [0.25, 0.3) is 0 Å². The van der Waals surface area contributed by atoms with Crippen LogP contribution >= 0.6 is 0 Å². The van der Waals surface area contributed by atoms with Gasteiger partial charge in [-0.25, -0.2) is 0 Å². The zero-order valence-electron chi connectivity index (χ0n) is 12.8. The summed E-state index contributed by atoms with van der Waals surface area (Å²) in [7, 11) is 0. The Labute approximate surface area is 124 Å². The molecule has 0 radical (unpaired) electrons. The SMILES string of the molecule is Cc1ccc(C)c(CN2CCOC(c3noc(C)n3)C2)c1. The third kappa shape index (κ3) is 3.31. The third-order valence-corrected chi connectivity index (χ3v) is 3.88. The molecule has 21 heavy (non-hydrogen) atoms. The van der Waals surface area contributed by atoms with Crippen molar-refractivity contribution in [1.82, 2.24) is 15.0 Å². The first-order valence-corrected chi connectivity index (χ1v) is 7.32. The van der Waals surface area contributed by atoms with Crippen molar-refractivity contribution in [1.29, 1.82) is 0 Å². The molecule has 1 aromatic carbocycles. The van der Waals surface area contributed by atoms with E-state index >= 15 is 0 Å². The van der Waals surface area contributed by atoms with E-state index in [0.29, 0.717) is 18.3 Å². The van der Waals surface area contributed by atoms with Crippen LogP contribution in [0.4, 0.5) is 0 Å². The molecule has 1 unspecified atom stereocenters. The molecule has 1 aromatic heterocycles. The van der Waals surface area contributed by atoms with Crippen molar-refractivity contribution in [3.8, 4) is 0 Å². The summed E-state index contributed by atoms with van der Waals surface area (Å²) in [5.74, 6) is 1.23. The van der Waals surface area contributed by atoms with Crippen molar-refractivity contribution < 1.29 is 9.26 Å². The number of rotatable bonds is 3. The molecule has 5 nitrogen and oxygen atoms in total. The van der Waals surface area contributed by atoms with Crippen LogP contribution in [0.2, 0.25) is 0 Å². The lowest BCUT2D eigenvalue weighted by molar-refractivity contribution is -0.0381. The Kier molecular flexibility index (Phi) is 4.03. The van der Waals surface area contributed by atoms with Gasteiger partial charge in [-0.15, -0.1) is 0 Å². The van der Waals surface area contributed by atoms with E-state index < -0.39 is 0 Å². The summed E-state index contributed by atoms with van der Waals surface area (Å²) in [5, 5.41) is 3.97. The van der Waals surface area contributed by atoms with Gasteiger partial charge in [-0.3, -0.25) is 4.90 Å². The van der Waals surface area contributed by atoms with Gasteiger partial charge in [-0.05, 0) is 25.0 Å². The van der Waals surface area contributed by atoms with Crippen LogP contribution in [-0.4, -0.2) is 34.7 Å². The molecule has 1 aliphatic rings. The monoisotopic (exact) mass is 287 g/mol. The molecule has 3 rings (SSSR count). The maximum Gasteiger partial charge on any atom is 0.223 e. The van der Waals surface area contributed by atoms with Gasteiger partial charge in [-0.1, -0.05) is 28.9 Å². The molecular weight excluding hydrogens is 266 g/mol. The van der Waals surface area contributed by atoms with Gasteiger partial charge in [0.15, 0.2) is 0 Å². The fraction of sp³-hybridized carbons (Fsp3) is 0.500. The van der Waals surface area contributed by atoms with Crippen LogP contribution in [-0.2, 0) is 11.3 Å². The maximum atomic E-state index is 5.77. The van der Waals surface area contributed by atoms with Gasteiger partial charge in [0, 0.05) is 26.6 Å². The van der Waals surface area contributed by atoms with E-state index in [-0.39, 0.29) is 6.10 Å². The summed E-state index contributed by atoms with van der Waals surface area (Å²) in [5.41, 5.74) is 4.01. The average Bonchev–Trinajstić information content (AvgIpc) is 2.90. The molecule has 112 valence electrons. The first kappa shape index (κ1) is 14.2. The fourth-order valence-corrected chi connectivity index (χ4v) is 2.66. The predicted molar refractivity (Wildman–Crippen MR) is 78.9 cm³/mol. The number of nitrogens with zero attached hydrogens (tertiary/aromatic N) is 3. The van der Waals surface area contributed by atoms with E-state index in [9.17, 15) is 0 Å². The minimum absolute atomic E-state index is 0.0960. The molecule has 2 aromatic rings. The zero-order chi connectivity index (χ0) is 14.8. The van der Waals surface area contributed by atoms with Crippen molar-refractivity contribution in [3.63, 3.8) is 0 Å².